The molecule has 27 heavy (non-hydrogen) atoms. The number of aryl methyl sites for hydroxylation is 1. The normalized spacial score (nSPS) is 17.9. The molecule has 3 rings (SSSR count). The van der Waals surface area contributed by atoms with Gasteiger partial charge in [-0.2, -0.15) is 0 Å². The molecule has 1 aromatic carbocycles. The van der Waals surface area contributed by atoms with Crippen LogP contribution in [0.3, 0.4) is 0 Å². The Labute approximate surface area is 171 Å². The van der Waals surface area contributed by atoms with E-state index in [0.29, 0.717) is 17.3 Å². The molecule has 2 heterocycles. The summed E-state index contributed by atoms with van der Waals surface area (Å²) in [6.07, 6.45) is 0.735. The quantitative estimate of drug-likeness (QED) is 0.658. The minimum absolute atomic E-state index is 0.0593. The lowest BCUT2D eigenvalue weighted by atomic mass is 10.2. The Morgan fingerprint density at radius 2 is 1.85 bits per heavy atom. The number of likely N-dealkylation sites (N-methyl/N-ethyl adjacent to an activating group) is 1. The van der Waals surface area contributed by atoms with E-state index in [9.17, 15) is 8.42 Å². The Balaban J connectivity index is 1.70. The lowest BCUT2D eigenvalue weighted by molar-refractivity contribution is 0.114. The Hall–Kier alpha value is -0.960. The van der Waals surface area contributed by atoms with Crippen LogP contribution in [0.2, 0.25) is 0 Å². The van der Waals surface area contributed by atoms with Crippen molar-refractivity contribution in [2.45, 2.75) is 17.4 Å². The first kappa shape index (κ1) is 20.8. The first-order chi connectivity index (χ1) is 13.0. The van der Waals surface area contributed by atoms with Gasteiger partial charge in [0.25, 0.3) is 0 Å². The number of benzene rings is 1. The smallest absolute Gasteiger partial charge is 0.240 e. The third kappa shape index (κ3) is 5.53. The Kier molecular flexibility index (Phi) is 7.30. The number of rotatable bonds is 8. The molecule has 1 atom stereocenters. The van der Waals surface area contributed by atoms with E-state index in [-0.39, 0.29) is 6.04 Å². The van der Waals surface area contributed by atoms with E-state index in [4.69, 9.17) is 11.6 Å². The van der Waals surface area contributed by atoms with Gasteiger partial charge in [-0.05, 0) is 42.6 Å². The maximum atomic E-state index is 12.7. The summed E-state index contributed by atoms with van der Waals surface area (Å²) in [6, 6.07) is 11.1. The first-order valence-electron chi connectivity index (χ1n) is 9.10. The Morgan fingerprint density at radius 3 is 2.44 bits per heavy atom. The summed E-state index contributed by atoms with van der Waals surface area (Å²) in [5, 5.41) is 2.04. The molecule has 0 spiro atoms. The van der Waals surface area contributed by atoms with Gasteiger partial charge in [0.2, 0.25) is 10.0 Å². The van der Waals surface area contributed by atoms with Crippen LogP contribution in [-0.4, -0.2) is 63.9 Å². The average molecular weight is 428 g/mol. The van der Waals surface area contributed by atoms with Crippen molar-refractivity contribution in [1.82, 2.24) is 14.5 Å². The highest BCUT2D eigenvalue weighted by Gasteiger charge is 2.26. The molecule has 0 aliphatic carbocycles. The minimum atomic E-state index is -3.54. The molecule has 148 valence electrons. The number of sulfonamides is 1. The first-order valence-corrected chi connectivity index (χ1v) is 12.0. The Bertz CT molecular complexity index is 802. The van der Waals surface area contributed by atoms with Gasteiger partial charge in [0.15, 0.2) is 0 Å². The van der Waals surface area contributed by atoms with Gasteiger partial charge in [0.05, 0.1) is 10.9 Å². The molecule has 1 saturated heterocycles. The van der Waals surface area contributed by atoms with Crippen LogP contribution in [0.1, 0.15) is 16.5 Å². The van der Waals surface area contributed by atoms with Gasteiger partial charge >= 0.3 is 0 Å². The number of nitrogens with zero attached hydrogens (tertiary/aromatic N) is 2. The number of alkyl halides is 1. The molecule has 0 unspecified atom stereocenters. The SMILES string of the molecule is CN1CCN([C@@H](CNS(=O)(=O)c2ccc(CCCl)cc2)c2cccs2)CC1. The van der Waals surface area contributed by atoms with Crippen LogP contribution in [0.4, 0.5) is 0 Å². The van der Waals surface area contributed by atoms with Crippen molar-refractivity contribution in [3.8, 4) is 0 Å². The van der Waals surface area contributed by atoms with E-state index in [1.165, 1.54) is 4.88 Å². The maximum Gasteiger partial charge on any atom is 0.240 e. The molecule has 0 radical (unpaired) electrons. The number of hydrogen-bond acceptors (Lipinski definition) is 5. The van der Waals surface area contributed by atoms with Gasteiger partial charge in [-0.1, -0.05) is 18.2 Å². The number of halogens is 1. The van der Waals surface area contributed by atoms with Crippen LogP contribution in [0.25, 0.3) is 0 Å². The van der Waals surface area contributed by atoms with E-state index in [2.05, 4.69) is 27.6 Å². The molecule has 1 aromatic heterocycles. The summed E-state index contributed by atoms with van der Waals surface area (Å²) >= 11 is 7.42. The monoisotopic (exact) mass is 427 g/mol. The number of nitrogens with one attached hydrogen (secondary N) is 1. The molecule has 1 aliphatic heterocycles. The second kappa shape index (κ2) is 9.49. The maximum absolute atomic E-state index is 12.7. The second-order valence-corrected chi connectivity index (χ2v) is 9.93. The molecule has 1 aliphatic rings. The zero-order valence-electron chi connectivity index (χ0n) is 15.5. The summed E-state index contributed by atoms with van der Waals surface area (Å²) < 4.78 is 28.3. The molecule has 0 saturated carbocycles. The predicted octanol–water partition coefficient (Wildman–Crippen LogP) is 2.80. The van der Waals surface area contributed by atoms with Gasteiger partial charge in [-0.15, -0.1) is 22.9 Å². The third-order valence-corrected chi connectivity index (χ3v) is 7.54. The van der Waals surface area contributed by atoms with Crippen LogP contribution < -0.4 is 4.72 Å². The number of piperazine rings is 1. The lowest BCUT2D eigenvalue weighted by Gasteiger charge is -2.37. The fourth-order valence-electron chi connectivity index (χ4n) is 3.24. The van der Waals surface area contributed by atoms with Crippen LogP contribution in [0.15, 0.2) is 46.7 Å². The second-order valence-electron chi connectivity index (χ2n) is 6.81. The zero-order valence-corrected chi connectivity index (χ0v) is 17.9. The van der Waals surface area contributed by atoms with Gasteiger partial charge < -0.3 is 4.90 Å². The molecule has 5 nitrogen and oxygen atoms in total. The Morgan fingerprint density at radius 1 is 1.15 bits per heavy atom. The highest BCUT2D eigenvalue weighted by Crippen LogP contribution is 2.26. The van der Waals surface area contributed by atoms with Crippen molar-refractivity contribution >= 4 is 33.0 Å². The van der Waals surface area contributed by atoms with E-state index in [0.717, 1.165) is 38.2 Å². The van der Waals surface area contributed by atoms with Crippen molar-refractivity contribution in [2.24, 2.45) is 0 Å². The third-order valence-electron chi connectivity index (χ3n) is 4.93. The topological polar surface area (TPSA) is 52.6 Å². The summed E-state index contributed by atoms with van der Waals surface area (Å²) in [4.78, 5) is 6.16. The standard InChI is InChI=1S/C19H26ClN3O2S2/c1-22-10-12-23(13-11-22)18(19-3-2-14-26-19)15-21-27(24,25)17-6-4-16(5-7-17)8-9-20/h2-7,14,18,21H,8-13,15H2,1H3/t18-/m0/s1. The van der Waals surface area contributed by atoms with Crippen molar-refractivity contribution in [3.63, 3.8) is 0 Å². The summed E-state index contributed by atoms with van der Waals surface area (Å²) in [7, 11) is -1.42. The summed E-state index contributed by atoms with van der Waals surface area (Å²) in [6.45, 7) is 4.24. The van der Waals surface area contributed by atoms with Crippen molar-refractivity contribution in [1.29, 1.82) is 0 Å². The van der Waals surface area contributed by atoms with Crippen LogP contribution in [-0.2, 0) is 16.4 Å². The molecule has 8 heteroatoms. The average Bonchev–Trinajstić information content (AvgIpc) is 3.18. The van der Waals surface area contributed by atoms with Gasteiger partial charge in [0.1, 0.15) is 0 Å². The van der Waals surface area contributed by atoms with E-state index in [1.807, 2.05) is 23.6 Å². The molecular weight excluding hydrogens is 402 g/mol. The van der Waals surface area contributed by atoms with E-state index < -0.39 is 10.0 Å². The van der Waals surface area contributed by atoms with Crippen LogP contribution in [0.5, 0.6) is 0 Å². The molecule has 0 bridgehead atoms. The molecular formula is C19H26ClN3O2S2. The van der Waals surface area contributed by atoms with Crippen molar-refractivity contribution in [2.75, 3.05) is 45.7 Å². The summed E-state index contributed by atoms with van der Waals surface area (Å²) in [5.74, 6) is 0.526. The van der Waals surface area contributed by atoms with Gasteiger partial charge in [-0.3, -0.25) is 4.90 Å². The van der Waals surface area contributed by atoms with Crippen LogP contribution in [0, 0.1) is 0 Å². The molecule has 0 amide bonds. The van der Waals surface area contributed by atoms with Gasteiger partial charge in [0, 0.05) is 43.5 Å². The highest BCUT2D eigenvalue weighted by molar-refractivity contribution is 7.89. The highest BCUT2D eigenvalue weighted by atomic mass is 35.5. The fraction of sp³-hybridized carbons (Fsp3) is 0.474. The zero-order chi connectivity index (χ0) is 19.3. The van der Waals surface area contributed by atoms with Crippen molar-refractivity contribution in [3.05, 3.63) is 52.2 Å². The van der Waals surface area contributed by atoms with E-state index in [1.54, 1.807) is 23.5 Å². The molecule has 1 fully saturated rings. The molecule has 2 aromatic rings. The van der Waals surface area contributed by atoms with Crippen molar-refractivity contribution < 1.29 is 8.42 Å². The van der Waals surface area contributed by atoms with Crippen LogP contribution >= 0.6 is 22.9 Å². The predicted molar refractivity (Wildman–Crippen MR) is 112 cm³/mol. The van der Waals surface area contributed by atoms with Gasteiger partial charge in [-0.25, -0.2) is 13.1 Å². The fourth-order valence-corrected chi connectivity index (χ4v) is 5.36. The number of thiophene rings is 1. The molecule has 1 N–H and O–H groups in total. The largest absolute Gasteiger partial charge is 0.304 e. The lowest BCUT2D eigenvalue weighted by Crippen LogP contribution is -2.48. The minimum Gasteiger partial charge on any atom is -0.304 e. The van der Waals surface area contributed by atoms with E-state index >= 15 is 0 Å². The number of hydrogen-bond donors (Lipinski definition) is 1. The summed E-state index contributed by atoms with van der Waals surface area (Å²) in [5.41, 5.74) is 1.04.